The molecule has 0 bridgehead atoms. The number of hydrogen-bond donors (Lipinski definition) is 3. The normalized spacial score (nSPS) is 37.4. The van der Waals surface area contributed by atoms with Crippen LogP contribution in [0.3, 0.4) is 0 Å². The lowest BCUT2D eigenvalue weighted by Gasteiger charge is -2.54. The predicted octanol–water partition coefficient (Wildman–Crippen LogP) is 1.88. The second kappa shape index (κ2) is 4.47. The Morgan fingerprint density at radius 2 is 2.14 bits per heavy atom. The summed E-state index contributed by atoms with van der Waals surface area (Å²) in [4.78, 5) is 2.26. The fourth-order valence-corrected chi connectivity index (χ4v) is 4.90. The van der Waals surface area contributed by atoms with Crippen LogP contribution in [0.4, 0.5) is 5.69 Å². The zero-order chi connectivity index (χ0) is 15.7. The van der Waals surface area contributed by atoms with E-state index < -0.39 is 11.2 Å². The molecule has 4 nitrogen and oxygen atoms in total. The van der Waals surface area contributed by atoms with Gasteiger partial charge in [0, 0.05) is 36.7 Å². The number of piperidine rings is 1. The number of likely N-dealkylation sites (N-methyl/N-ethyl adjacent to an activating group) is 1. The van der Waals surface area contributed by atoms with E-state index in [0.717, 1.165) is 25.1 Å². The summed E-state index contributed by atoms with van der Waals surface area (Å²) >= 11 is 0. The van der Waals surface area contributed by atoms with Crippen molar-refractivity contribution in [2.75, 3.05) is 25.5 Å². The number of hydrogen-bond acceptors (Lipinski definition) is 4. The monoisotopic (exact) mass is 302 g/mol. The van der Waals surface area contributed by atoms with E-state index in [9.17, 15) is 10.2 Å². The lowest BCUT2D eigenvalue weighted by atomic mass is 9.63. The maximum atomic E-state index is 11.6. The summed E-state index contributed by atoms with van der Waals surface area (Å²) in [6, 6.07) is 6.38. The summed E-state index contributed by atoms with van der Waals surface area (Å²) in [7, 11) is 2.09. The number of nitrogens with zero attached hydrogens (tertiary/aromatic N) is 1. The summed E-state index contributed by atoms with van der Waals surface area (Å²) < 4.78 is 0. The maximum absolute atomic E-state index is 11.6. The zero-order valence-corrected chi connectivity index (χ0v) is 13.6. The van der Waals surface area contributed by atoms with Crippen LogP contribution in [0.2, 0.25) is 0 Å². The van der Waals surface area contributed by atoms with Crippen LogP contribution in [0.1, 0.15) is 43.7 Å². The topological polar surface area (TPSA) is 55.7 Å². The summed E-state index contributed by atoms with van der Waals surface area (Å²) in [5.41, 5.74) is 1.94. The first kappa shape index (κ1) is 14.5. The number of anilines is 1. The highest BCUT2D eigenvalue weighted by atomic mass is 16.3. The van der Waals surface area contributed by atoms with Crippen LogP contribution >= 0.6 is 0 Å². The van der Waals surface area contributed by atoms with E-state index in [-0.39, 0.29) is 12.0 Å². The zero-order valence-electron chi connectivity index (χ0n) is 13.6. The Hall–Kier alpha value is -1.10. The van der Waals surface area contributed by atoms with Crippen LogP contribution in [0.5, 0.6) is 0 Å². The molecule has 3 N–H and O–H groups in total. The molecule has 2 aliphatic heterocycles. The molecule has 0 spiro atoms. The molecular weight excluding hydrogens is 276 g/mol. The summed E-state index contributed by atoms with van der Waals surface area (Å²) in [6.45, 7) is 5.53. The van der Waals surface area contributed by atoms with Gasteiger partial charge in [-0.2, -0.15) is 0 Å². The summed E-state index contributed by atoms with van der Waals surface area (Å²) in [5.74, 6) is 0.568. The van der Waals surface area contributed by atoms with Crippen LogP contribution in [-0.2, 0) is 5.60 Å². The van der Waals surface area contributed by atoms with Crippen LogP contribution in [-0.4, -0.2) is 46.9 Å². The average Bonchev–Trinajstić information content (AvgIpc) is 2.84. The third-order valence-electron chi connectivity index (χ3n) is 6.18. The molecule has 0 radical (unpaired) electrons. The number of aliphatic hydroxyl groups is 2. The fourth-order valence-electron chi connectivity index (χ4n) is 4.90. The molecule has 4 atom stereocenters. The van der Waals surface area contributed by atoms with Gasteiger partial charge in [0.15, 0.2) is 0 Å². The number of fused-ring (bicyclic) bond motifs is 2. The van der Waals surface area contributed by atoms with E-state index >= 15 is 0 Å². The first-order valence-corrected chi connectivity index (χ1v) is 8.33. The molecule has 2 heterocycles. The molecule has 2 unspecified atom stereocenters. The van der Waals surface area contributed by atoms with Crippen LogP contribution in [0.15, 0.2) is 18.2 Å². The smallest absolute Gasteiger partial charge is 0.106 e. The predicted molar refractivity (Wildman–Crippen MR) is 87.0 cm³/mol. The maximum Gasteiger partial charge on any atom is 0.106 e. The average molecular weight is 302 g/mol. The van der Waals surface area contributed by atoms with Crippen molar-refractivity contribution >= 4 is 5.69 Å². The van der Waals surface area contributed by atoms with Gasteiger partial charge in [-0.05, 0) is 50.9 Å². The molecule has 1 aromatic carbocycles. The molecule has 1 saturated heterocycles. The van der Waals surface area contributed by atoms with Crippen molar-refractivity contribution in [1.29, 1.82) is 0 Å². The largest absolute Gasteiger partial charge is 0.390 e. The van der Waals surface area contributed by atoms with Crippen molar-refractivity contribution in [1.82, 2.24) is 4.90 Å². The second-order valence-corrected chi connectivity index (χ2v) is 8.01. The molecule has 22 heavy (non-hydrogen) atoms. The first-order valence-electron chi connectivity index (χ1n) is 8.33. The Bertz CT molecular complexity index is 610. The Balaban J connectivity index is 1.83. The van der Waals surface area contributed by atoms with Gasteiger partial charge in [0.25, 0.3) is 0 Å². The standard InChI is InChI=1S/C18H26N2O2/c1-17(2,21)12-8-18(22)13-5-4-6-14-16(13)11(9-19-14)7-15(18)20(3)10-12/h4-6,11-12,15,19,21-22H,7-10H2,1-3H3/t11?,12?,15-,18+/m1/s1. The number of nitrogens with one attached hydrogen (secondary N) is 1. The molecule has 1 aliphatic carbocycles. The van der Waals surface area contributed by atoms with Gasteiger partial charge in [0.2, 0.25) is 0 Å². The Labute approximate surface area is 132 Å². The van der Waals surface area contributed by atoms with Crippen LogP contribution in [0.25, 0.3) is 0 Å². The van der Waals surface area contributed by atoms with Gasteiger partial charge in [0.1, 0.15) is 5.60 Å². The molecule has 0 saturated carbocycles. The second-order valence-electron chi connectivity index (χ2n) is 8.01. The Kier molecular flexibility index (Phi) is 2.94. The minimum absolute atomic E-state index is 0.0699. The van der Waals surface area contributed by atoms with E-state index in [4.69, 9.17) is 0 Å². The molecule has 0 aromatic heterocycles. The number of likely N-dealkylation sites (tertiary alicyclic amines) is 1. The summed E-state index contributed by atoms with van der Waals surface area (Å²) in [5, 5.41) is 25.6. The van der Waals surface area contributed by atoms with E-state index in [1.54, 1.807) is 0 Å². The fraction of sp³-hybridized carbons (Fsp3) is 0.667. The minimum atomic E-state index is -0.856. The van der Waals surface area contributed by atoms with Crippen molar-refractivity contribution in [2.24, 2.45) is 5.92 Å². The Morgan fingerprint density at radius 1 is 1.36 bits per heavy atom. The van der Waals surface area contributed by atoms with E-state index in [1.165, 1.54) is 11.3 Å². The van der Waals surface area contributed by atoms with Gasteiger partial charge in [-0.15, -0.1) is 0 Å². The highest BCUT2D eigenvalue weighted by molar-refractivity contribution is 5.63. The summed E-state index contributed by atoms with van der Waals surface area (Å²) in [6.07, 6.45) is 1.62. The van der Waals surface area contributed by atoms with Gasteiger partial charge in [-0.1, -0.05) is 12.1 Å². The van der Waals surface area contributed by atoms with Crippen LogP contribution in [0, 0.1) is 5.92 Å². The first-order chi connectivity index (χ1) is 10.3. The van der Waals surface area contributed by atoms with Gasteiger partial charge < -0.3 is 15.5 Å². The van der Waals surface area contributed by atoms with E-state index in [0.29, 0.717) is 12.3 Å². The molecule has 4 rings (SSSR count). The van der Waals surface area contributed by atoms with Gasteiger partial charge in [0.05, 0.1) is 5.60 Å². The highest BCUT2D eigenvalue weighted by Crippen LogP contribution is 2.53. The SMILES string of the molecule is CN1CC(C(C)(C)O)C[C@]2(O)c3cccc4c3C(CN4)C[C@@H]12. The van der Waals surface area contributed by atoms with Crippen molar-refractivity contribution in [2.45, 2.75) is 49.9 Å². The molecule has 1 aromatic rings. The van der Waals surface area contributed by atoms with Crippen molar-refractivity contribution < 1.29 is 10.2 Å². The Morgan fingerprint density at radius 3 is 2.86 bits per heavy atom. The quantitative estimate of drug-likeness (QED) is 0.741. The lowest BCUT2D eigenvalue weighted by molar-refractivity contribution is -0.143. The van der Waals surface area contributed by atoms with Gasteiger partial charge in [-0.3, -0.25) is 4.90 Å². The minimum Gasteiger partial charge on any atom is -0.390 e. The molecular formula is C18H26N2O2. The number of rotatable bonds is 1. The lowest BCUT2D eigenvalue weighted by Crippen LogP contribution is -2.61. The van der Waals surface area contributed by atoms with Gasteiger partial charge >= 0.3 is 0 Å². The number of benzene rings is 1. The van der Waals surface area contributed by atoms with Crippen LogP contribution < -0.4 is 5.32 Å². The molecule has 3 aliphatic rings. The van der Waals surface area contributed by atoms with Crippen molar-refractivity contribution in [3.8, 4) is 0 Å². The van der Waals surface area contributed by atoms with Gasteiger partial charge in [-0.25, -0.2) is 0 Å². The third kappa shape index (κ3) is 1.87. The van der Waals surface area contributed by atoms with Crippen molar-refractivity contribution in [3.05, 3.63) is 29.3 Å². The molecule has 4 heteroatoms. The van der Waals surface area contributed by atoms with E-state index in [2.05, 4.69) is 29.4 Å². The third-order valence-corrected chi connectivity index (χ3v) is 6.18. The molecule has 1 fully saturated rings. The van der Waals surface area contributed by atoms with E-state index in [1.807, 2.05) is 19.9 Å². The molecule has 120 valence electrons. The molecule has 0 amide bonds. The van der Waals surface area contributed by atoms with Crippen molar-refractivity contribution in [3.63, 3.8) is 0 Å². The highest BCUT2D eigenvalue weighted by Gasteiger charge is 2.54.